The predicted molar refractivity (Wildman–Crippen MR) is 19.3 cm³/mol. The van der Waals surface area contributed by atoms with Gasteiger partial charge in [-0.3, -0.25) is 0 Å². The molecule has 0 aromatic rings. The molecule has 0 aliphatic heterocycles. The number of halogens is 3. The molecule has 0 aromatic heterocycles. The average molecular weight is 118 g/mol. The summed E-state index contributed by atoms with van der Waals surface area (Å²) in [7, 11) is 0. The van der Waals surface area contributed by atoms with Gasteiger partial charge in [-0.25, -0.2) is 0 Å². The van der Waals surface area contributed by atoms with E-state index in [-0.39, 0.29) is 35.5 Å². The predicted octanol–water partition coefficient (Wildman–Crippen LogP) is -1.44. The van der Waals surface area contributed by atoms with Crippen LogP contribution in [0.2, 0.25) is 0 Å². The monoisotopic (exact) mass is 118 g/mol. The van der Waals surface area contributed by atoms with Crippen LogP contribution in [-0.4, -0.2) is 6.98 Å². The van der Waals surface area contributed by atoms with Crippen molar-refractivity contribution in [2.45, 2.75) is 0 Å². The normalized spacial score (nSPS) is 9.57. The summed E-state index contributed by atoms with van der Waals surface area (Å²) in [6.07, 6.45) is 0. The van der Waals surface area contributed by atoms with Crippen LogP contribution in [-0.2, 0) is 0 Å². The summed E-state index contributed by atoms with van der Waals surface area (Å²) >= 11 is 0. The van der Waals surface area contributed by atoms with Gasteiger partial charge in [0.05, 0.1) is 0 Å². The fraction of sp³-hybridized carbons (Fsp3) is 0. The van der Waals surface area contributed by atoms with Gasteiger partial charge in [0.25, 0.3) is 0 Å². The molecule has 0 heterocycles. The summed E-state index contributed by atoms with van der Waals surface area (Å²) in [6.45, 7) is -2.19. The van der Waals surface area contributed by atoms with Crippen LogP contribution in [0.25, 0.3) is 0 Å². The maximum atomic E-state index is 10.7. The van der Waals surface area contributed by atoms with Gasteiger partial charge in [0.2, 0.25) is 0 Å². The summed E-state index contributed by atoms with van der Waals surface area (Å²) in [5.74, 6) is 0. The van der Waals surface area contributed by atoms with Crippen LogP contribution in [0.4, 0.5) is 12.9 Å². The van der Waals surface area contributed by atoms with E-state index in [1.165, 1.54) is 0 Å². The quantitative estimate of drug-likeness (QED) is 0.370. The maximum absolute atomic E-state index is 10.7. The van der Waals surface area contributed by atoms with Crippen molar-refractivity contribution in [2.24, 2.45) is 0 Å². The first-order chi connectivity index (χ1) is 2.56. The van der Waals surface area contributed by atoms with E-state index in [1.807, 2.05) is 0 Å². The molecule has 0 fully saturated rings. The minimum absolute atomic E-state index is 0. The molecule has 0 saturated carbocycles. The molecular formula is C2H3BF3Na. The molecule has 0 amide bonds. The van der Waals surface area contributed by atoms with E-state index in [0.717, 1.165) is 0 Å². The first kappa shape index (κ1) is 10.6. The van der Waals surface area contributed by atoms with Crippen molar-refractivity contribution in [3.05, 3.63) is 12.6 Å². The Morgan fingerprint density at radius 3 is 1.43 bits per heavy atom. The second-order valence-electron chi connectivity index (χ2n) is 0.861. The second kappa shape index (κ2) is 3.58. The zero-order valence-corrected chi connectivity index (χ0v) is 6.00. The molecule has 0 spiro atoms. The van der Waals surface area contributed by atoms with Gasteiger partial charge in [-0.1, -0.05) is 0 Å². The molecule has 7 heavy (non-hydrogen) atoms. The summed E-state index contributed by atoms with van der Waals surface area (Å²) in [6, 6.07) is 0. The molecule has 0 atom stereocenters. The van der Waals surface area contributed by atoms with Crippen molar-refractivity contribution >= 4 is 6.98 Å². The van der Waals surface area contributed by atoms with E-state index in [4.69, 9.17) is 0 Å². The molecule has 5 heteroatoms. The molecule has 0 unspecified atom stereocenters. The van der Waals surface area contributed by atoms with Gasteiger partial charge in [-0.15, -0.1) is 6.58 Å². The van der Waals surface area contributed by atoms with E-state index in [9.17, 15) is 12.9 Å². The van der Waals surface area contributed by atoms with Gasteiger partial charge in [0.1, 0.15) is 0 Å². The van der Waals surface area contributed by atoms with Crippen LogP contribution in [0.3, 0.4) is 0 Å². The van der Waals surface area contributed by atoms with E-state index < -0.39 is 6.98 Å². The van der Waals surface area contributed by atoms with E-state index >= 15 is 0 Å². The van der Waals surface area contributed by atoms with Gasteiger partial charge < -0.3 is 12.9 Å². The Bertz CT molecular complexity index is 58.4. The summed E-state index contributed by atoms with van der Waals surface area (Å²) in [4.78, 5) is 0. The number of hydrogen-bond donors (Lipinski definition) is 0. The van der Waals surface area contributed by atoms with Crippen molar-refractivity contribution in [2.75, 3.05) is 0 Å². The Labute approximate surface area is 62.1 Å². The molecule has 0 radical (unpaired) electrons. The van der Waals surface area contributed by atoms with Crippen molar-refractivity contribution in [1.29, 1.82) is 0 Å². The number of hydrogen-bond acceptors (Lipinski definition) is 0. The summed E-state index contributed by atoms with van der Waals surface area (Å²) < 4.78 is 32.2. The Morgan fingerprint density at radius 2 is 1.43 bits per heavy atom. The van der Waals surface area contributed by atoms with Gasteiger partial charge >= 0.3 is 36.5 Å². The van der Waals surface area contributed by atoms with Gasteiger partial charge in [0, 0.05) is 0 Å². The number of rotatable bonds is 1. The molecule has 36 valence electrons. The van der Waals surface area contributed by atoms with Crippen LogP contribution < -0.4 is 29.6 Å². The summed E-state index contributed by atoms with van der Waals surface area (Å²) in [5, 5.41) is 0. The largest absolute Gasteiger partial charge is 1.00 e. The van der Waals surface area contributed by atoms with E-state index in [2.05, 4.69) is 6.58 Å². The van der Waals surface area contributed by atoms with Crippen molar-refractivity contribution in [1.82, 2.24) is 0 Å². The van der Waals surface area contributed by atoms with Gasteiger partial charge in [-0.2, -0.15) is 5.98 Å². The molecule has 0 saturated heterocycles. The molecule has 0 aliphatic carbocycles. The third-order valence-electron chi connectivity index (χ3n) is 0.267. The Morgan fingerprint density at radius 1 is 1.29 bits per heavy atom. The Hall–Kier alpha value is 0.595. The molecule has 0 rings (SSSR count). The molecule has 0 N–H and O–H groups in total. The molecule has 0 bridgehead atoms. The van der Waals surface area contributed by atoms with Gasteiger partial charge in [0.15, 0.2) is 0 Å². The van der Waals surface area contributed by atoms with Crippen LogP contribution >= 0.6 is 0 Å². The first-order valence-corrected chi connectivity index (χ1v) is 1.40. The van der Waals surface area contributed by atoms with E-state index in [0.29, 0.717) is 0 Å². The van der Waals surface area contributed by atoms with Crippen molar-refractivity contribution < 1.29 is 42.5 Å². The molecule has 0 nitrogen and oxygen atoms in total. The van der Waals surface area contributed by atoms with Crippen molar-refractivity contribution in [3.8, 4) is 0 Å². The second-order valence-corrected chi connectivity index (χ2v) is 0.861. The first-order valence-electron chi connectivity index (χ1n) is 1.40. The summed E-state index contributed by atoms with van der Waals surface area (Å²) in [5.41, 5.74) is 0. The smallest absolute Gasteiger partial charge is 0.445 e. The minimum atomic E-state index is -4.72. The third kappa shape index (κ3) is 10.8. The van der Waals surface area contributed by atoms with Crippen LogP contribution in [0.15, 0.2) is 12.6 Å². The molecule has 0 aliphatic rings. The molecule has 0 aromatic carbocycles. The van der Waals surface area contributed by atoms with Crippen LogP contribution in [0.1, 0.15) is 0 Å². The average Bonchev–Trinajstić information content (AvgIpc) is 1.35. The maximum Gasteiger partial charge on any atom is 1.00 e. The zero-order valence-electron chi connectivity index (χ0n) is 4.00. The fourth-order valence-electron chi connectivity index (χ4n) is 0. The fourth-order valence-corrected chi connectivity index (χ4v) is 0. The van der Waals surface area contributed by atoms with Crippen LogP contribution in [0, 0.1) is 0 Å². The van der Waals surface area contributed by atoms with E-state index in [1.54, 1.807) is 0 Å². The topological polar surface area (TPSA) is 0 Å². The van der Waals surface area contributed by atoms with Crippen LogP contribution in [0.5, 0.6) is 0 Å². The SMILES string of the molecule is C=C[B-](F)(F)F.[Na+]. The molecular weight excluding hydrogens is 115 g/mol. The minimum Gasteiger partial charge on any atom is -0.445 e. The van der Waals surface area contributed by atoms with Crippen molar-refractivity contribution in [3.63, 3.8) is 0 Å². The zero-order chi connectivity index (χ0) is 5.21. The van der Waals surface area contributed by atoms with Gasteiger partial charge in [-0.05, 0) is 0 Å². The third-order valence-corrected chi connectivity index (χ3v) is 0.267. The Balaban J connectivity index is 0. The standard InChI is InChI=1S/C2H3BF3.Na/c1-2-3(4,5)6;/h2H,1H2;/q-1;+1. The Kier molecular flexibility index (Phi) is 5.40.